The van der Waals surface area contributed by atoms with Crippen LogP contribution in [0.25, 0.3) is 10.9 Å². The Morgan fingerprint density at radius 1 is 1.11 bits per heavy atom. The maximum absolute atomic E-state index is 14.8. The SMILES string of the molecule is CCc1ccc2nc(C)c3c(c2c1)CC[C@]1(C[C@H]2C(=O)N[C@@](C)(C(=O)NS(=O)(=O)C4(C)CC4)[C@@H](C)/C=C\CCCCC[C@H](NC(=O)OC(C)(C)C)C(=O)N2C1)O3. The molecular formula is C42H59N5O8S. The lowest BCUT2D eigenvalue weighted by Crippen LogP contribution is -2.64. The summed E-state index contributed by atoms with van der Waals surface area (Å²) >= 11 is 0. The minimum absolute atomic E-state index is 0.0490. The number of ether oxygens (including phenoxy) is 2. The molecule has 14 heteroatoms. The highest BCUT2D eigenvalue weighted by atomic mass is 32.2. The Morgan fingerprint density at radius 2 is 1.84 bits per heavy atom. The van der Waals surface area contributed by atoms with Crippen molar-refractivity contribution in [2.75, 3.05) is 6.54 Å². The number of nitrogens with zero attached hydrogens (tertiary/aromatic N) is 2. The second-order valence-electron chi connectivity index (χ2n) is 17.8. The van der Waals surface area contributed by atoms with Crippen LogP contribution in [0.4, 0.5) is 4.79 Å². The average Bonchev–Trinajstić information content (AvgIpc) is 3.79. The monoisotopic (exact) mass is 793 g/mol. The fourth-order valence-corrected chi connectivity index (χ4v) is 9.43. The second kappa shape index (κ2) is 15.3. The molecule has 13 nitrogen and oxygen atoms in total. The van der Waals surface area contributed by atoms with E-state index in [4.69, 9.17) is 14.5 Å². The Balaban J connectivity index is 1.39. The number of benzene rings is 1. The first-order valence-corrected chi connectivity index (χ1v) is 21.6. The number of nitrogens with one attached hydrogen (secondary N) is 3. The number of hydrogen-bond acceptors (Lipinski definition) is 9. The molecule has 0 bridgehead atoms. The first-order chi connectivity index (χ1) is 26.2. The van der Waals surface area contributed by atoms with Gasteiger partial charge >= 0.3 is 6.09 Å². The van der Waals surface area contributed by atoms with Gasteiger partial charge in [-0.05, 0) is 111 Å². The minimum Gasteiger partial charge on any atom is -0.483 e. The van der Waals surface area contributed by atoms with E-state index < -0.39 is 73.3 Å². The lowest BCUT2D eigenvalue weighted by molar-refractivity contribution is -0.142. The number of hydrogen-bond donors (Lipinski definition) is 3. The highest BCUT2D eigenvalue weighted by Gasteiger charge is 2.56. The highest BCUT2D eigenvalue weighted by Crippen LogP contribution is 2.45. The van der Waals surface area contributed by atoms with Crippen LogP contribution in [0.1, 0.15) is 123 Å². The van der Waals surface area contributed by atoms with Crippen LogP contribution < -0.4 is 20.1 Å². The van der Waals surface area contributed by atoms with E-state index in [-0.39, 0.29) is 13.0 Å². The molecular weight excluding hydrogens is 735 g/mol. The lowest BCUT2D eigenvalue weighted by Gasteiger charge is -2.37. The molecule has 4 amide bonds. The minimum atomic E-state index is -4.03. The first kappa shape index (κ1) is 41.4. The largest absolute Gasteiger partial charge is 0.483 e. The molecule has 1 spiro atoms. The van der Waals surface area contributed by atoms with E-state index in [9.17, 15) is 27.6 Å². The van der Waals surface area contributed by atoms with Crippen molar-refractivity contribution in [3.05, 3.63) is 47.2 Å². The van der Waals surface area contributed by atoms with Gasteiger partial charge in [-0.3, -0.25) is 19.1 Å². The number of rotatable bonds is 5. The third kappa shape index (κ3) is 8.40. The van der Waals surface area contributed by atoms with E-state index in [0.717, 1.165) is 35.7 Å². The van der Waals surface area contributed by atoms with Gasteiger partial charge in [-0.1, -0.05) is 44.9 Å². The van der Waals surface area contributed by atoms with Crippen molar-refractivity contribution in [2.45, 2.75) is 160 Å². The van der Waals surface area contributed by atoms with Crippen LogP contribution in [0.15, 0.2) is 30.4 Å². The predicted molar refractivity (Wildman–Crippen MR) is 213 cm³/mol. The topological polar surface area (TPSA) is 173 Å². The molecule has 6 rings (SSSR count). The third-order valence-electron chi connectivity index (χ3n) is 12.2. The summed E-state index contributed by atoms with van der Waals surface area (Å²) < 4.78 is 40.3. The number of allylic oxidation sites excluding steroid dienone is 1. The van der Waals surface area contributed by atoms with Crippen molar-refractivity contribution in [1.29, 1.82) is 0 Å². The molecule has 1 aromatic heterocycles. The van der Waals surface area contributed by atoms with Crippen LogP contribution in [0.3, 0.4) is 0 Å². The van der Waals surface area contributed by atoms with Crippen LogP contribution in [-0.4, -0.2) is 82.2 Å². The van der Waals surface area contributed by atoms with Crippen LogP contribution in [0, 0.1) is 12.8 Å². The molecule has 56 heavy (non-hydrogen) atoms. The number of sulfonamides is 1. The summed E-state index contributed by atoms with van der Waals surface area (Å²) in [6, 6.07) is 4.14. The van der Waals surface area contributed by atoms with Gasteiger partial charge in [0.15, 0.2) is 0 Å². The Bertz CT molecular complexity index is 2040. The van der Waals surface area contributed by atoms with Crippen molar-refractivity contribution in [1.82, 2.24) is 25.2 Å². The molecule has 2 aromatic rings. The number of alkyl carbamates (subject to hydrolysis) is 1. The summed E-state index contributed by atoms with van der Waals surface area (Å²) in [5, 5.41) is 6.75. The van der Waals surface area contributed by atoms with Crippen LogP contribution >= 0.6 is 0 Å². The Hall–Kier alpha value is -4.20. The highest BCUT2D eigenvalue weighted by molar-refractivity contribution is 7.91. The summed E-state index contributed by atoms with van der Waals surface area (Å²) in [6.07, 6.45) is 9.16. The fourth-order valence-electron chi connectivity index (χ4n) is 8.09. The smallest absolute Gasteiger partial charge is 0.408 e. The van der Waals surface area contributed by atoms with E-state index in [1.165, 1.54) is 17.4 Å². The van der Waals surface area contributed by atoms with Gasteiger partial charge in [-0.25, -0.2) is 18.2 Å². The maximum Gasteiger partial charge on any atom is 0.408 e. The van der Waals surface area contributed by atoms with Gasteiger partial charge in [0.1, 0.15) is 34.6 Å². The lowest BCUT2D eigenvalue weighted by atomic mass is 9.84. The van der Waals surface area contributed by atoms with Gasteiger partial charge < -0.3 is 25.0 Å². The second-order valence-corrected chi connectivity index (χ2v) is 20.0. The number of carbonyl (C=O) groups is 4. The quantitative estimate of drug-likeness (QED) is 0.322. The van der Waals surface area contributed by atoms with Crippen molar-refractivity contribution in [2.24, 2.45) is 5.92 Å². The molecule has 3 aliphatic heterocycles. The first-order valence-electron chi connectivity index (χ1n) is 20.2. The number of pyridine rings is 1. The van der Waals surface area contributed by atoms with Crippen molar-refractivity contribution in [3.63, 3.8) is 0 Å². The summed E-state index contributed by atoms with van der Waals surface area (Å²) in [6.45, 7) is 14.2. The van der Waals surface area contributed by atoms with Crippen molar-refractivity contribution < 1.29 is 37.1 Å². The zero-order chi connectivity index (χ0) is 40.8. The normalized spacial score (nSPS) is 28.9. The van der Waals surface area contributed by atoms with Crippen molar-refractivity contribution >= 4 is 44.7 Å². The molecule has 1 aromatic carbocycles. The van der Waals surface area contributed by atoms with E-state index in [1.54, 1.807) is 34.6 Å². The van der Waals surface area contributed by atoms with E-state index in [0.29, 0.717) is 56.4 Å². The zero-order valence-electron chi connectivity index (χ0n) is 34.2. The fraction of sp³-hybridized carbons (Fsp3) is 0.643. The number of amides is 4. The number of aromatic nitrogens is 1. The van der Waals surface area contributed by atoms with Gasteiger partial charge in [-0.2, -0.15) is 0 Å². The predicted octanol–water partition coefficient (Wildman–Crippen LogP) is 5.69. The number of aryl methyl sites for hydroxylation is 3. The Labute approximate surface area is 331 Å². The van der Waals surface area contributed by atoms with Gasteiger partial charge in [0.2, 0.25) is 21.8 Å². The summed E-state index contributed by atoms with van der Waals surface area (Å²) in [5.41, 5.74) is 0.302. The van der Waals surface area contributed by atoms with Gasteiger partial charge in [0.25, 0.3) is 5.91 Å². The maximum atomic E-state index is 14.8. The third-order valence-corrected chi connectivity index (χ3v) is 14.4. The number of fused-ring (bicyclic) bond motifs is 4. The Kier molecular flexibility index (Phi) is 11.3. The van der Waals surface area contributed by atoms with E-state index in [2.05, 4.69) is 34.4 Å². The van der Waals surface area contributed by atoms with Gasteiger partial charge in [-0.15, -0.1) is 0 Å². The summed E-state index contributed by atoms with van der Waals surface area (Å²) in [5.74, 6) is -1.91. The molecule has 1 saturated heterocycles. The molecule has 1 saturated carbocycles. The van der Waals surface area contributed by atoms with Crippen LogP contribution in [0.2, 0.25) is 0 Å². The van der Waals surface area contributed by atoms with Crippen LogP contribution in [-0.2, 0) is 42.0 Å². The molecule has 1 aliphatic carbocycles. The van der Waals surface area contributed by atoms with Crippen molar-refractivity contribution in [3.8, 4) is 5.75 Å². The standard InChI is InChI=1S/C42H59N5O8S/c1-9-28-17-18-31-30(23-28)29-19-20-42(54-34(29)27(3)43-31)24-33-35(48)45-41(8,37(50)46-56(52,53)40(7)21-22-40)26(2)15-13-11-10-12-14-16-32(36(49)47(33)25-42)44-38(51)55-39(4,5)6/h13,15,17-18,23,26,32-33H,9-12,14,16,19-22,24-25H2,1-8H3,(H,44,51)(H,45,48)(H,46,50)/b15-13-/t26-,32-,33-,41+,42+/m0/s1. The van der Waals surface area contributed by atoms with Gasteiger partial charge in [0.05, 0.1) is 22.5 Å². The zero-order valence-corrected chi connectivity index (χ0v) is 35.0. The summed E-state index contributed by atoms with van der Waals surface area (Å²) in [7, 11) is -4.03. The molecule has 4 heterocycles. The Morgan fingerprint density at radius 3 is 2.52 bits per heavy atom. The molecule has 0 unspecified atom stereocenters. The summed E-state index contributed by atoms with van der Waals surface area (Å²) in [4.78, 5) is 63.2. The molecule has 4 aliphatic rings. The molecule has 2 fully saturated rings. The molecule has 3 N–H and O–H groups in total. The average molecular weight is 794 g/mol. The molecule has 0 radical (unpaired) electrons. The number of carbonyl (C=O) groups excluding carboxylic acids is 4. The molecule has 5 atom stereocenters. The van der Waals surface area contributed by atoms with E-state index in [1.807, 2.05) is 25.1 Å². The van der Waals surface area contributed by atoms with E-state index >= 15 is 0 Å². The molecule has 306 valence electrons. The van der Waals surface area contributed by atoms with Gasteiger partial charge in [0, 0.05) is 23.3 Å². The van der Waals surface area contributed by atoms with Crippen LogP contribution in [0.5, 0.6) is 5.75 Å².